The molecule has 0 aliphatic carbocycles. The second-order valence-corrected chi connectivity index (χ2v) is 5.62. The Balaban J connectivity index is 2.53. The highest BCUT2D eigenvalue weighted by Gasteiger charge is 2.24. The summed E-state index contributed by atoms with van der Waals surface area (Å²) >= 11 is 0. The van der Waals surface area contributed by atoms with Crippen LogP contribution in [0.4, 0.5) is 5.69 Å². The second-order valence-electron chi connectivity index (χ2n) is 4.20. The number of rotatable bonds is 2. The molecule has 7 heteroatoms. The summed E-state index contributed by atoms with van der Waals surface area (Å²) in [5.74, 6) is -0.223. The van der Waals surface area contributed by atoms with Crippen LogP contribution < -0.4 is 5.01 Å². The van der Waals surface area contributed by atoms with Crippen molar-refractivity contribution in [2.75, 3.05) is 5.01 Å². The molecule has 18 heavy (non-hydrogen) atoms. The third-order valence-corrected chi connectivity index (χ3v) is 3.32. The zero-order chi connectivity index (χ0) is 13.5. The Bertz CT molecular complexity index is 649. The molecule has 1 heterocycles. The number of carbonyl (C=O) groups is 1. The molecule has 0 aromatic heterocycles. The monoisotopic (exact) mass is 268 g/mol. The average molecular weight is 268 g/mol. The molecule has 0 unspecified atom stereocenters. The molecule has 0 bridgehead atoms. The lowest BCUT2D eigenvalue weighted by Crippen LogP contribution is -2.20. The van der Waals surface area contributed by atoms with Crippen LogP contribution in [-0.2, 0) is 14.9 Å². The Kier molecular flexibility index (Phi) is 2.95. The van der Waals surface area contributed by atoms with Crippen molar-refractivity contribution in [3.05, 3.63) is 23.8 Å². The minimum atomic E-state index is -4.29. The van der Waals surface area contributed by atoms with Gasteiger partial charge in [-0.15, -0.1) is 0 Å². The van der Waals surface area contributed by atoms with Crippen LogP contribution in [0.3, 0.4) is 0 Å². The fourth-order valence-corrected chi connectivity index (χ4v) is 2.36. The molecule has 0 saturated carbocycles. The zero-order valence-corrected chi connectivity index (χ0v) is 10.7. The molecule has 6 nitrogen and oxygen atoms in total. The Labute approximate surface area is 105 Å². The molecule has 0 atom stereocenters. The van der Waals surface area contributed by atoms with Crippen molar-refractivity contribution in [3.8, 4) is 0 Å². The predicted octanol–water partition coefficient (Wildman–Crippen LogP) is 1.35. The van der Waals surface area contributed by atoms with E-state index in [0.29, 0.717) is 17.0 Å². The van der Waals surface area contributed by atoms with E-state index in [1.807, 2.05) is 0 Å². The number of aryl methyl sites for hydroxylation is 1. The minimum Gasteiger partial charge on any atom is -0.282 e. The van der Waals surface area contributed by atoms with Gasteiger partial charge in [0, 0.05) is 5.71 Å². The first-order valence-electron chi connectivity index (χ1n) is 5.23. The highest BCUT2D eigenvalue weighted by molar-refractivity contribution is 7.85. The van der Waals surface area contributed by atoms with Crippen molar-refractivity contribution in [1.29, 1.82) is 0 Å². The third kappa shape index (κ3) is 2.41. The van der Waals surface area contributed by atoms with E-state index >= 15 is 0 Å². The van der Waals surface area contributed by atoms with E-state index < -0.39 is 10.1 Å². The molecule has 2 rings (SSSR count). The van der Waals surface area contributed by atoms with E-state index in [4.69, 9.17) is 4.55 Å². The molecule has 1 aliphatic rings. The van der Waals surface area contributed by atoms with E-state index in [1.54, 1.807) is 19.9 Å². The molecule has 1 N–H and O–H groups in total. The zero-order valence-electron chi connectivity index (χ0n) is 9.91. The molecule has 96 valence electrons. The summed E-state index contributed by atoms with van der Waals surface area (Å²) < 4.78 is 31.3. The van der Waals surface area contributed by atoms with Gasteiger partial charge in [-0.1, -0.05) is 0 Å². The van der Waals surface area contributed by atoms with Crippen LogP contribution >= 0.6 is 0 Å². The van der Waals surface area contributed by atoms with Gasteiger partial charge in [-0.25, -0.2) is 5.01 Å². The lowest BCUT2D eigenvalue weighted by Gasteiger charge is -2.13. The van der Waals surface area contributed by atoms with E-state index in [1.165, 1.54) is 12.1 Å². The number of benzene rings is 1. The molecule has 0 radical (unpaired) electrons. The van der Waals surface area contributed by atoms with Gasteiger partial charge in [-0.05, 0) is 37.6 Å². The molecular formula is C11H12N2O4S. The first-order valence-corrected chi connectivity index (χ1v) is 6.67. The average Bonchev–Trinajstić information content (AvgIpc) is 2.55. The van der Waals surface area contributed by atoms with Crippen molar-refractivity contribution in [1.82, 2.24) is 0 Å². The fourth-order valence-electron chi connectivity index (χ4n) is 1.76. The van der Waals surface area contributed by atoms with Crippen LogP contribution in [0.1, 0.15) is 18.9 Å². The normalized spacial score (nSPS) is 16.1. The molecule has 0 fully saturated rings. The number of hydrazone groups is 1. The van der Waals surface area contributed by atoms with Crippen LogP contribution in [0.5, 0.6) is 0 Å². The first-order chi connectivity index (χ1) is 8.27. The lowest BCUT2D eigenvalue weighted by atomic mass is 10.2. The van der Waals surface area contributed by atoms with Gasteiger partial charge < -0.3 is 0 Å². The minimum absolute atomic E-state index is 0.217. The number of hydrogen-bond acceptors (Lipinski definition) is 4. The summed E-state index contributed by atoms with van der Waals surface area (Å²) in [5, 5.41) is 5.18. The number of amides is 1. The molecule has 1 aromatic rings. The Morgan fingerprint density at radius 3 is 2.44 bits per heavy atom. The van der Waals surface area contributed by atoms with Crippen LogP contribution in [0.25, 0.3) is 0 Å². The molecule has 1 aliphatic heterocycles. The maximum atomic E-state index is 11.7. The maximum Gasteiger partial charge on any atom is 0.294 e. The Morgan fingerprint density at radius 2 is 1.94 bits per heavy atom. The maximum absolute atomic E-state index is 11.7. The largest absolute Gasteiger partial charge is 0.294 e. The number of nitrogens with zero attached hydrogens (tertiary/aromatic N) is 2. The third-order valence-electron chi connectivity index (χ3n) is 2.49. The summed E-state index contributed by atoms with van der Waals surface area (Å²) in [5.41, 5.74) is 1.62. The van der Waals surface area contributed by atoms with Gasteiger partial charge in [-0.2, -0.15) is 13.5 Å². The summed E-state index contributed by atoms with van der Waals surface area (Å²) in [6, 6.07) is 4.19. The summed E-state index contributed by atoms with van der Waals surface area (Å²) in [6.07, 6.45) is 0.217. The number of hydrogen-bond donors (Lipinski definition) is 1. The van der Waals surface area contributed by atoms with E-state index in [-0.39, 0.29) is 17.2 Å². The molecule has 0 spiro atoms. The van der Waals surface area contributed by atoms with Crippen LogP contribution in [0.15, 0.2) is 28.2 Å². The van der Waals surface area contributed by atoms with Gasteiger partial charge in [-0.3, -0.25) is 9.35 Å². The topological polar surface area (TPSA) is 87.0 Å². The van der Waals surface area contributed by atoms with Gasteiger partial charge in [0.15, 0.2) is 0 Å². The smallest absolute Gasteiger partial charge is 0.282 e. The quantitative estimate of drug-likeness (QED) is 0.820. The van der Waals surface area contributed by atoms with Crippen molar-refractivity contribution in [3.63, 3.8) is 0 Å². The highest BCUT2D eigenvalue weighted by atomic mass is 32.2. The Hall–Kier alpha value is -1.73. The van der Waals surface area contributed by atoms with E-state index in [2.05, 4.69) is 5.10 Å². The second kappa shape index (κ2) is 4.18. The van der Waals surface area contributed by atoms with Crippen molar-refractivity contribution >= 4 is 27.4 Å². The predicted molar refractivity (Wildman–Crippen MR) is 66.2 cm³/mol. The highest BCUT2D eigenvalue weighted by Crippen LogP contribution is 2.25. The summed E-state index contributed by atoms with van der Waals surface area (Å²) in [7, 11) is -4.29. The molecule has 1 amide bonds. The molecule has 1 aromatic carbocycles. The van der Waals surface area contributed by atoms with Crippen LogP contribution in [-0.4, -0.2) is 24.6 Å². The van der Waals surface area contributed by atoms with Crippen LogP contribution in [0, 0.1) is 6.92 Å². The number of anilines is 1. The summed E-state index contributed by atoms with van der Waals surface area (Å²) in [6.45, 7) is 3.40. The van der Waals surface area contributed by atoms with Crippen molar-refractivity contribution in [2.45, 2.75) is 25.2 Å². The molecular weight excluding hydrogens is 256 g/mol. The number of carbonyl (C=O) groups excluding carboxylic acids is 1. The lowest BCUT2D eigenvalue weighted by molar-refractivity contribution is -0.116. The Morgan fingerprint density at radius 1 is 1.28 bits per heavy atom. The van der Waals surface area contributed by atoms with Gasteiger partial charge in [0.1, 0.15) is 0 Å². The van der Waals surface area contributed by atoms with Gasteiger partial charge in [0.25, 0.3) is 16.0 Å². The fraction of sp³-hybridized carbons (Fsp3) is 0.273. The van der Waals surface area contributed by atoms with Crippen molar-refractivity contribution < 1.29 is 17.8 Å². The van der Waals surface area contributed by atoms with E-state index in [9.17, 15) is 13.2 Å². The van der Waals surface area contributed by atoms with Crippen molar-refractivity contribution in [2.24, 2.45) is 5.10 Å². The van der Waals surface area contributed by atoms with Crippen LogP contribution in [0.2, 0.25) is 0 Å². The van der Waals surface area contributed by atoms with E-state index in [0.717, 1.165) is 5.01 Å². The van der Waals surface area contributed by atoms with Gasteiger partial charge >= 0.3 is 0 Å². The SMILES string of the molecule is CC1=NN(c2cc(C)cc(S(=O)(=O)O)c2)C(=O)C1. The standard InChI is InChI=1S/C11H12N2O4S/c1-7-3-9(6-10(4-7)18(15,16)17)13-11(14)5-8(2)12-13/h3-4,6H,5H2,1-2H3,(H,15,16,17). The molecule has 0 saturated heterocycles. The first kappa shape index (κ1) is 12.7. The van der Waals surface area contributed by atoms with Gasteiger partial charge in [0.05, 0.1) is 17.0 Å². The van der Waals surface area contributed by atoms with Gasteiger partial charge in [0.2, 0.25) is 0 Å². The summed E-state index contributed by atoms with van der Waals surface area (Å²) in [4.78, 5) is 11.4.